The van der Waals surface area contributed by atoms with Crippen LogP contribution in [0, 0.1) is 0 Å². The van der Waals surface area contributed by atoms with E-state index in [9.17, 15) is 13.2 Å². The Morgan fingerprint density at radius 3 is 2.47 bits per heavy atom. The molecule has 0 aliphatic rings. The quantitative estimate of drug-likeness (QED) is 0.744. The molecule has 0 aromatic heterocycles. The summed E-state index contributed by atoms with van der Waals surface area (Å²) in [5, 5.41) is 3.21. The van der Waals surface area contributed by atoms with Crippen LogP contribution in [0.15, 0.2) is 30.9 Å². The highest BCUT2D eigenvalue weighted by Gasteiger charge is 2.26. The number of halogens is 5. The number of hydrogen-bond acceptors (Lipinski definition) is 1. The van der Waals surface area contributed by atoms with Crippen LogP contribution in [0.5, 0.6) is 0 Å². The lowest BCUT2D eigenvalue weighted by Crippen LogP contribution is -2.31. The van der Waals surface area contributed by atoms with Crippen LogP contribution in [-0.2, 0) is 0 Å². The molecule has 1 nitrogen and oxygen atoms in total. The predicted octanol–water partition coefficient (Wildman–Crippen LogP) is 4.81. The molecule has 0 amide bonds. The molecule has 0 aliphatic carbocycles. The van der Waals surface area contributed by atoms with E-state index < -0.39 is 12.7 Å². The largest absolute Gasteiger partial charge is 0.401 e. The number of nitrogens with one attached hydrogen (secondary N) is 1. The van der Waals surface area contributed by atoms with Crippen molar-refractivity contribution in [2.45, 2.75) is 18.5 Å². The molecule has 19 heavy (non-hydrogen) atoms. The maximum absolute atomic E-state index is 12.1. The topological polar surface area (TPSA) is 12.0 Å². The van der Waals surface area contributed by atoms with Crippen LogP contribution in [0.3, 0.4) is 0 Å². The first-order valence-electron chi connectivity index (χ1n) is 5.67. The number of hydrogen-bond donors (Lipinski definition) is 1. The van der Waals surface area contributed by atoms with Gasteiger partial charge >= 0.3 is 6.18 Å². The van der Waals surface area contributed by atoms with Gasteiger partial charge in [0.1, 0.15) is 0 Å². The third-order valence-corrected chi connectivity index (χ3v) is 3.32. The van der Waals surface area contributed by atoms with Gasteiger partial charge in [0.05, 0.1) is 16.6 Å². The lowest BCUT2D eigenvalue weighted by molar-refractivity contribution is -0.124. The first-order chi connectivity index (χ1) is 8.83. The molecule has 1 atom stereocenters. The molecule has 0 saturated heterocycles. The molecular weight excluding hydrogens is 298 g/mol. The van der Waals surface area contributed by atoms with E-state index >= 15 is 0 Å². The highest BCUT2D eigenvalue weighted by atomic mass is 35.5. The van der Waals surface area contributed by atoms with Gasteiger partial charge in [-0.3, -0.25) is 0 Å². The molecule has 6 heteroatoms. The molecule has 0 radical (unpaired) electrons. The zero-order valence-electron chi connectivity index (χ0n) is 10.1. The summed E-state index contributed by atoms with van der Waals surface area (Å²) >= 11 is 11.7. The van der Waals surface area contributed by atoms with Gasteiger partial charge in [0, 0.05) is 6.54 Å². The number of benzene rings is 1. The average Bonchev–Trinajstić information content (AvgIpc) is 2.30. The Balaban J connectivity index is 2.71. The van der Waals surface area contributed by atoms with E-state index in [4.69, 9.17) is 23.2 Å². The Bertz CT molecular complexity index is 432. The van der Waals surface area contributed by atoms with Crippen molar-refractivity contribution >= 4 is 23.2 Å². The Morgan fingerprint density at radius 1 is 1.26 bits per heavy atom. The summed E-state index contributed by atoms with van der Waals surface area (Å²) in [6, 6.07) is 5.07. The van der Waals surface area contributed by atoms with Gasteiger partial charge in [-0.2, -0.15) is 13.2 Å². The van der Waals surface area contributed by atoms with E-state index in [1.165, 1.54) is 0 Å². The van der Waals surface area contributed by atoms with Crippen molar-refractivity contribution in [1.29, 1.82) is 0 Å². The summed E-state index contributed by atoms with van der Waals surface area (Å²) in [7, 11) is 0. The fraction of sp³-hybridized carbons (Fsp3) is 0.385. The maximum atomic E-state index is 12.1. The molecule has 0 spiro atoms. The van der Waals surface area contributed by atoms with Crippen LogP contribution in [0.25, 0.3) is 0 Å². The minimum absolute atomic E-state index is 0.116. The van der Waals surface area contributed by atoms with Gasteiger partial charge < -0.3 is 5.32 Å². The lowest BCUT2D eigenvalue weighted by Gasteiger charge is -2.18. The normalized spacial score (nSPS) is 13.3. The number of alkyl halides is 3. The van der Waals surface area contributed by atoms with Gasteiger partial charge in [0.2, 0.25) is 0 Å². The maximum Gasteiger partial charge on any atom is 0.401 e. The second kappa shape index (κ2) is 7.17. The molecule has 1 aromatic carbocycles. The molecule has 1 rings (SSSR count). The summed E-state index contributed by atoms with van der Waals surface area (Å²) < 4.78 is 36.3. The van der Waals surface area contributed by atoms with Crippen molar-refractivity contribution < 1.29 is 13.2 Å². The van der Waals surface area contributed by atoms with E-state index in [2.05, 4.69) is 11.9 Å². The second-order valence-corrected chi connectivity index (χ2v) is 4.96. The Morgan fingerprint density at radius 2 is 1.95 bits per heavy atom. The third-order valence-electron chi connectivity index (χ3n) is 2.58. The van der Waals surface area contributed by atoms with E-state index in [0.717, 1.165) is 5.56 Å². The minimum Gasteiger partial charge on any atom is -0.308 e. The fourth-order valence-corrected chi connectivity index (χ4v) is 2.00. The van der Waals surface area contributed by atoms with Crippen molar-refractivity contribution in [3.05, 3.63) is 46.5 Å². The summed E-state index contributed by atoms with van der Waals surface area (Å²) in [5.41, 5.74) is 0.837. The molecule has 0 saturated carbocycles. The van der Waals surface area contributed by atoms with Crippen LogP contribution in [-0.4, -0.2) is 19.3 Å². The van der Waals surface area contributed by atoms with Gasteiger partial charge in [-0.15, -0.1) is 6.58 Å². The standard InChI is InChI=1S/C13H14Cl2F3N/c1-2-3-10(7-19-8-13(16,17)18)9-4-5-11(14)12(15)6-9/h2,4-6,10,19H,1,3,7-8H2. The third kappa shape index (κ3) is 5.85. The molecule has 106 valence electrons. The highest BCUT2D eigenvalue weighted by molar-refractivity contribution is 6.42. The summed E-state index contributed by atoms with van der Waals surface area (Å²) in [4.78, 5) is 0. The van der Waals surface area contributed by atoms with Crippen LogP contribution >= 0.6 is 23.2 Å². The van der Waals surface area contributed by atoms with Crippen LogP contribution in [0.1, 0.15) is 17.9 Å². The lowest BCUT2D eigenvalue weighted by atomic mass is 9.95. The van der Waals surface area contributed by atoms with Crippen molar-refractivity contribution in [2.24, 2.45) is 0 Å². The molecule has 1 N–H and O–H groups in total. The van der Waals surface area contributed by atoms with Crippen molar-refractivity contribution in [3.63, 3.8) is 0 Å². The monoisotopic (exact) mass is 311 g/mol. The molecule has 0 fully saturated rings. The van der Waals surface area contributed by atoms with Crippen LogP contribution < -0.4 is 5.32 Å². The fourth-order valence-electron chi connectivity index (χ4n) is 1.69. The zero-order valence-corrected chi connectivity index (χ0v) is 11.6. The average molecular weight is 312 g/mol. The van der Waals surface area contributed by atoms with Crippen molar-refractivity contribution in [3.8, 4) is 0 Å². The van der Waals surface area contributed by atoms with Crippen molar-refractivity contribution in [2.75, 3.05) is 13.1 Å². The Hall–Kier alpha value is -0.710. The SMILES string of the molecule is C=CCC(CNCC(F)(F)F)c1ccc(Cl)c(Cl)c1. The predicted molar refractivity (Wildman–Crippen MR) is 72.9 cm³/mol. The van der Waals surface area contributed by atoms with Crippen LogP contribution in [0.4, 0.5) is 13.2 Å². The van der Waals surface area contributed by atoms with Gasteiger partial charge in [-0.25, -0.2) is 0 Å². The summed E-state index contributed by atoms with van der Waals surface area (Å²) in [6.45, 7) is 2.80. The molecule has 1 aromatic rings. The smallest absolute Gasteiger partial charge is 0.308 e. The van der Waals surface area contributed by atoms with Gasteiger partial charge in [0.25, 0.3) is 0 Å². The second-order valence-electron chi connectivity index (χ2n) is 4.14. The zero-order chi connectivity index (χ0) is 14.5. The summed E-state index contributed by atoms with van der Waals surface area (Å²) in [5.74, 6) is -0.116. The first kappa shape index (κ1) is 16.3. The van der Waals surface area contributed by atoms with Crippen molar-refractivity contribution in [1.82, 2.24) is 5.32 Å². The minimum atomic E-state index is -4.21. The van der Waals surface area contributed by atoms with Gasteiger partial charge in [0.15, 0.2) is 0 Å². The molecule has 0 aliphatic heterocycles. The Kier molecular flexibility index (Phi) is 6.17. The van der Waals surface area contributed by atoms with E-state index in [-0.39, 0.29) is 12.5 Å². The number of allylic oxidation sites excluding steroid dienone is 1. The van der Waals surface area contributed by atoms with Crippen LogP contribution in [0.2, 0.25) is 10.0 Å². The number of rotatable bonds is 6. The molecule has 0 bridgehead atoms. The van der Waals surface area contributed by atoms with E-state index in [1.807, 2.05) is 0 Å². The molecular formula is C13H14Cl2F3N. The van der Waals surface area contributed by atoms with E-state index in [1.54, 1.807) is 24.3 Å². The molecule has 1 unspecified atom stereocenters. The first-order valence-corrected chi connectivity index (χ1v) is 6.42. The van der Waals surface area contributed by atoms with Gasteiger partial charge in [-0.05, 0) is 30.0 Å². The van der Waals surface area contributed by atoms with E-state index in [0.29, 0.717) is 16.5 Å². The Labute approximate surface area is 120 Å². The molecule has 0 heterocycles. The highest BCUT2D eigenvalue weighted by Crippen LogP contribution is 2.28. The van der Waals surface area contributed by atoms with Gasteiger partial charge in [-0.1, -0.05) is 35.3 Å². The summed E-state index contributed by atoms with van der Waals surface area (Å²) in [6.07, 6.45) is -1.98.